The Morgan fingerprint density at radius 3 is 2.47 bits per heavy atom. The van der Waals surface area contributed by atoms with Crippen LogP contribution >= 0.6 is 15.9 Å². The number of urea groups is 1. The van der Waals surface area contributed by atoms with Crippen LogP contribution in [0.3, 0.4) is 0 Å². The number of hydrogen-bond donors (Lipinski definition) is 2. The molecule has 0 saturated heterocycles. The van der Waals surface area contributed by atoms with E-state index < -0.39 is 0 Å². The normalized spacial score (nSPS) is 9.71. The number of carbonyl (C=O) groups excluding carboxylic acids is 1. The predicted octanol–water partition coefficient (Wildman–Crippen LogP) is 3.89. The molecule has 2 amide bonds. The lowest BCUT2D eigenvalue weighted by atomic mass is 10.3. The third-order valence-electron chi connectivity index (χ3n) is 2.06. The van der Waals surface area contributed by atoms with E-state index >= 15 is 0 Å². The van der Waals surface area contributed by atoms with Gasteiger partial charge in [-0.2, -0.15) is 0 Å². The second kappa shape index (κ2) is 5.50. The molecule has 17 heavy (non-hydrogen) atoms. The molecule has 0 aliphatic carbocycles. The van der Waals surface area contributed by atoms with Gasteiger partial charge in [-0.1, -0.05) is 34.1 Å². The number of anilines is 2. The molecule has 2 aromatic carbocycles. The van der Waals surface area contributed by atoms with Gasteiger partial charge in [0.15, 0.2) is 0 Å². The van der Waals surface area contributed by atoms with Crippen molar-refractivity contribution in [3.8, 4) is 0 Å². The van der Waals surface area contributed by atoms with E-state index in [2.05, 4.69) is 32.6 Å². The number of amides is 2. The molecule has 3 nitrogen and oxygen atoms in total. The van der Waals surface area contributed by atoms with Crippen LogP contribution in [0.1, 0.15) is 0 Å². The highest BCUT2D eigenvalue weighted by Crippen LogP contribution is 2.14. The molecule has 1 radical (unpaired) electrons. The monoisotopic (exact) mass is 289 g/mol. The van der Waals surface area contributed by atoms with E-state index in [1.165, 1.54) is 0 Å². The van der Waals surface area contributed by atoms with E-state index in [1.807, 2.05) is 36.4 Å². The zero-order valence-electron chi connectivity index (χ0n) is 8.91. The third kappa shape index (κ3) is 3.60. The Balaban J connectivity index is 1.96. The molecule has 0 aliphatic rings. The third-order valence-corrected chi connectivity index (χ3v) is 2.59. The first-order chi connectivity index (χ1) is 8.24. The van der Waals surface area contributed by atoms with Crippen molar-refractivity contribution in [3.05, 3.63) is 59.1 Å². The van der Waals surface area contributed by atoms with Gasteiger partial charge in [-0.05, 0) is 30.3 Å². The maximum atomic E-state index is 11.6. The Kier molecular flexibility index (Phi) is 3.77. The summed E-state index contributed by atoms with van der Waals surface area (Å²) in [6.07, 6.45) is 0. The average molecular weight is 290 g/mol. The molecule has 0 atom stereocenters. The minimum absolute atomic E-state index is 0.283. The number of carbonyl (C=O) groups is 1. The van der Waals surface area contributed by atoms with Crippen molar-refractivity contribution in [2.45, 2.75) is 0 Å². The number of benzene rings is 2. The second-order valence-electron chi connectivity index (χ2n) is 3.36. The van der Waals surface area contributed by atoms with Crippen molar-refractivity contribution in [2.24, 2.45) is 0 Å². The lowest BCUT2D eigenvalue weighted by molar-refractivity contribution is 0.262. The van der Waals surface area contributed by atoms with Gasteiger partial charge < -0.3 is 10.6 Å². The van der Waals surface area contributed by atoms with Gasteiger partial charge in [-0.15, -0.1) is 0 Å². The fourth-order valence-corrected chi connectivity index (χ4v) is 1.55. The van der Waals surface area contributed by atoms with Crippen LogP contribution in [-0.4, -0.2) is 6.03 Å². The molecule has 0 unspecified atom stereocenters. The fraction of sp³-hybridized carbons (Fsp3) is 0. The average Bonchev–Trinajstić information content (AvgIpc) is 2.33. The van der Waals surface area contributed by atoms with Gasteiger partial charge in [-0.3, -0.25) is 0 Å². The lowest BCUT2D eigenvalue weighted by Gasteiger charge is -2.07. The summed E-state index contributed by atoms with van der Waals surface area (Å²) in [7, 11) is 0. The van der Waals surface area contributed by atoms with E-state index in [1.54, 1.807) is 12.1 Å². The highest BCUT2D eigenvalue weighted by Gasteiger charge is 2.01. The van der Waals surface area contributed by atoms with E-state index in [-0.39, 0.29) is 6.03 Å². The van der Waals surface area contributed by atoms with E-state index in [4.69, 9.17) is 0 Å². The summed E-state index contributed by atoms with van der Waals surface area (Å²) >= 11 is 3.33. The number of halogens is 1. The summed E-state index contributed by atoms with van der Waals surface area (Å²) in [5, 5.41) is 5.41. The van der Waals surface area contributed by atoms with Crippen molar-refractivity contribution >= 4 is 33.3 Å². The van der Waals surface area contributed by atoms with E-state index in [0.29, 0.717) is 5.69 Å². The van der Waals surface area contributed by atoms with Gasteiger partial charge in [0.1, 0.15) is 0 Å². The largest absolute Gasteiger partial charge is 0.323 e. The van der Waals surface area contributed by atoms with Gasteiger partial charge in [0.25, 0.3) is 0 Å². The minimum Gasteiger partial charge on any atom is -0.308 e. The van der Waals surface area contributed by atoms with Gasteiger partial charge in [-0.25, -0.2) is 4.79 Å². The van der Waals surface area contributed by atoms with Crippen LogP contribution in [-0.2, 0) is 0 Å². The predicted molar refractivity (Wildman–Crippen MR) is 72.1 cm³/mol. The fourth-order valence-electron chi connectivity index (χ4n) is 1.29. The van der Waals surface area contributed by atoms with Crippen LogP contribution in [0.5, 0.6) is 0 Å². The highest BCUT2D eigenvalue weighted by atomic mass is 79.9. The summed E-state index contributed by atoms with van der Waals surface area (Å²) in [6, 6.07) is 17.2. The van der Waals surface area contributed by atoms with Crippen LogP contribution < -0.4 is 10.6 Å². The smallest absolute Gasteiger partial charge is 0.308 e. The Bertz CT molecular complexity index is 497. The summed E-state index contributed by atoms with van der Waals surface area (Å²) in [4.78, 5) is 11.6. The first kappa shape index (κ1) is 11.7. The second-order valence-corrected chi connectivity index (χ2v) is 4.28. The molecular formula is C13H10BrN2O. The Hall–Kier alpha value is -1.81. The molecule has 0 saturated carbocycles. The van der Waals surface area contributed by atoms with Crippen LogP contribution in [0.2, 0.25) is 0 Å². The molecule has 0 bridgehead atoms. The molecule has 2 N–H and O–H groups in total. The lowest BCUT2D eigenvalue weighted by Crippen LogP contribution is -2.19. The first-order valence-electron chi connectivity index (χ1n) is 5.04. The molecule has 85 valence electrons. The summed E-state index contributed by atoms with van der Waals surface area (Å²) < 4.78 is 0.972. The van der Waals surface area contributed by atoms with Crippen LogP contribution in [0, 0.1) is 6.07 Å². The molecular weight excluding hydrogens is 280 g/mol. The maximum absolute atomic E-state index is 11.6. The van der Waals surface area contributed by atoms with Crippen molar-refractivity contribution in [3.63, 3.8) is 0 Å². The zero-order chi connectivity index (χ0) is 12.1. The van der Waals surface area contributed by atoms with Crippen LogP contribution in [0.15, 0.2) is 53.0 Å². The van der Waals surface area contributed by atoms with Crippen molar-refractivity contribution in [1.82, 2.24) is 0 Å². The summed E-state index contributed by atoms with van der Waals surface area (Å²) in [6.45, 7) is 0. The number of nitrogens with one attached hydrogen (secondary N) is 2. The first-order valence-corrected chi connectivity index (χ1v) is 5.83. The van der Waals surface area contributed by atoms with Crippen molar-refractivity contribution in [2.75, 3.05) is 10.6 Å². The standard InChI is InChI=1S/C13H10BrN2O/c14-10-6-8-12(9-7-10)16-13(17)15-11-4-2-1-3-5-11/h1-4,6-9H,(H2,15,16,17). The minimum atomic E-state index is -0.283. The van der Waals surface area contributed by atoms with E-state index in [0.717, 1.165) is 10.2 Å². The molecule has 2 rings (SSSR count). The van der Waals surface area contributed by atoms with Crippen LogP contribution in [0.4, 0.5) is 16.2 Å². The molecule has 2 aromatic rings. The van der Waals surface area contributed by atoms with Crippen molar-refractivity contribution < 1.29 is 4.79 Å². The highest BCUT2D eigenvalue weighted by molar-refractivity contribution is 9.10. The molecule has 0 spiro atoms. The van der Waals surface area contributed by atoms with E-state index in [9.17, 15) is 4.79 Å². The zero-order valence-corrected chi connectivity index (χ0v) is 10.5. The number of para-hydroxylation sites is 1. The van der Waals surface area contributed by atoms with Gasteiger partial charge in [0, 0.05) is 16.2 Å². The molecule has 0 aliphatic heterocycles. The molecule has 4 heteroatoms. The molecule has 0 heterocycles. The van der Waals surface area contributed by atoms with Crippen LogP contribution in [0.25, 0.3) is 0 Å². The number of rotatable bonds is 2. The Morgan fingerprint density at radius 1 is 1.06 bits per heavy atom. The molecule has 0 fully saturated rings. The SMILES string of the molecule is O=C(Nc1[c]cccc1)Nc1ccc(Br)cc1. The number of hydrogen-bond acceptors (Lipinski definition) is 1. The van der Waals surface area contributed by atoms with Gasteiger partial charge in [0.05, 0.1) is 5.69 Å². The Labute approximate surface area is 108 Å². The quantitative estimate of drug-likeness (QED) is 0.865. The van der Waals surface area contributed by atoms with Crippen molar-refractivity contribution in [1.29, 1.82) is 0 Å². The maximum Gasteiger partial charge on any atom is 0.323 e. The summed E-state index contributed by atoms with van der Waals surface area (Å²) in [5.41, 5.74) is 1.38. The van der Waals surface area contributed by atoms with Gasteiger partial charge in [0.2, 0.25) is 0 Å². The molecule has 0 aromatic heterocycles. The summed E-state index contributed by atoms with van der Waals surface area (Å²) in [5.74, 6) is 0. The topological polar surface area (TPSA) is 41.1 Å². The Morgan fingerprint density at radius 2 is 1.82 bits per heavy atom. The van der Waals surface area contributed by atoms with Gasteiger partial charge >= 0.3 is 6.03 Å².